The Bertz CT molecular complexity index is 498. The lowest BCUT2D eigenvalue weighted by Crippen LogP contribution is -2.33. The van der Waals surface area contributed by atoms with Crippen molar-refractivity contribution in [3.05, 3.63) is 25.7 Å². The number of carbonyl (C=O) groups is 2. The van der Waals surface area contributed by atoms with Crippen LogP contribution in [-0.2, 0) is 4.79 Å². The summed E-state index contributed by atoms with van der Waals surface area (Å²) in [6.07, 6.45) is 1.73. The van der Waals surface area contributed by atoms with Gasteiger partial charge in [0.1, 0.15) is 0 Å². The van der Waals surface area contributed by atoms with Gasteiger partial charge >= 0.3 is 0 Å². The van der Waals surface area contributed by atoms with Crippen LogP contribution in [0.2, 0.25) is 0 Å². The SMILES string of the molecule is NCCN1C(=O)S/C(=C\c2cc(Br)cs2)C1=O. The van der Waals surface area contributed by atoms with Crippen LogP contribution in [0.4, 0.5) is 4.79 Å². The summed E-state index contributed by atoms with van der Waals surface area (Å²) in [5, 5.41) is 1.68. The Hall–Kier alpha value is -0.630. The molecule has 0 aromatic carbocycles. The largest absolute Gasteiger partial charge is 0.329 e. The van der Waals surface area contributed by atoms with Crippen LogP contribution in [0.3, 0.4) is 0 Å². The fraction of sp³-hybridized carbons (Fsp3) is 0.200. The van der Waals surface area contributed by atoms with Crippen molar-refractivity contribution in [1.29, 1.82) is 0 Å². The van der Waals surface area contributed by atoms with E-state index in [9.17, 15) is 9.59 Å². The predicted molar refractivity (Wildman–Crippen MR) is 73.8 cm³/mol. The molecule has 2 rings (SSSR count). The molecule has 0 spiro atoms. The highest BCUT2D eigenvalue weighted by Crippen LogP contribution is 2.33. The van der Waals surface area contributed by atoms with Crippen LogP contribution < -0.4 is 5.73 Å². The average Bonchev–Trinajstić information content (AvgIpc) is 2.79. The van der Waals surface area contributed by atoms with Gasteiger partial charge in [0, 0.05) is 27.8 Å². The second-order valence-corrected chi connectivity index (χ2v) is 6.14. The van der Waals surface area contributed by atoms with Gasteiger partial charge in [-0.3, -0.25) is 14.5 Å². The van der Waals surface area contributed by atoms with E-state index in [2.05, 4.69) is 15.9 Å². The average molecular weight is 333 g/mol. The number of halogens is 1. The Morgan fingerprint density at radius 1 is 1.47 bits per heavy atom. The number of amides is 2. The van der Waals surface area contributed by atoms with Crippen molar-refractivity contribution in [2.75, 3.05) is 13.1 Å². The summed E-state index contributed by atoms with van der Waals surface area (Å²) in [6, 6.07) is 1.90. The number of imide groups is 1. The van der Waals surface area contributed by atoms with E-state index in [1.807, 2.05) is 11.4 Å². The molecule has 1 fully saturated rings. The van der Waals surface area contributed by atoms with E-state index in [1.165, 1.54) is 16.2 Å². The van der Waals surface area contributed by atoms with Crippen LogP contribution in [0.15, 0.2) is 20.8 Å². The molecule has 1 saturated heterocycles. The highest BCUT2D eigenvalue weighted by atomic mass is 79.9. The van der Waals surface area contributed by atoms with Crippen LogP contribution in [0.1, 0.15) is 4.88 Å². The molecule has 2 amide bonds. The molecule has 2 heterocycles. The first-order chi connectivity index (χ1) is 8.11. The fourth-order valence-corrected chi connectivity index (χ4v) is 3.66. The van der Waals surface area contributed by atoms with Gasteiger partial charge in [0.2, 0.25) is 0 Å². The first kappa shape index (κ1) is 12.8. The molecule has 17 heavy (non-hydrogen) atoms. The molecule has 1 aromatic heterocycles. The van der Waals surface area contributed by atoms with Gasteiger partial charge in [0.25, 0.3) is 11.1 Å². The summed E-state index contributed by atoms with van der Waals surface area (Å²) < 4.78 is 0.968. The molecular weight excluding hydrogens is 324 g/mol. The molecule has 0 unspecified atom stereocenters. The maximum absolute atomic E-state index is 11.9. The summed E-state index contributed by atoms with van der Waals surface area (Å²) in [6.45, 7) is 0.562. The van der Waals surface area contributed by atoms with E-state index in [0.717, 1.165) is 21.1 Å². The third kappa shape index (κ3) is 2.79. The Balaban J connectivity index is 2.21. The second kappa shape index (κ2) is 5.34. The molecule has 90 valence electrons. The van der Waals surface area contributed by atoms with Crippen molar-refractivity contribution in [3.63, 3.8) is 0 Å². The minimum atomic E-state index is -0.255. The summed E-state index contributed by atoms with van der Waals surface area (Å²) in [4.78, 5) is 26.0. The third-order valence-electron chi connectivity index (χ3n) is 2.09. The zero-order valence-corrected chi connectivity index (χ0v) is 11.9. The first-order valence-electron chi connectivity index (χ1n) is 4.81. The van der Waals surface area contributed by atoms with Crippen molar-refractivity contribution in [1.82, 2.24) is 4.90 Å². The van der Waals surface area contributed by atoms with Crippen molar-refractivity contribution in [2.45, 2.75) is 0 Å². The van der Waals surface area contributed by atoms with Gasteiger partial charge in [-0.15, -0.1) is 11.3 Å². The number of nitrogens with two attached hydrogens (primary N) is 1. The molecule has 0 bridgehead atoms. The van der Waals surface area contributed by atoms with Crippen LogP contribution in [0.5, 0.6) is 0 Å². The number of hydrogen-bond donors (Lipinski definition) is 1. The number of nitrogens with zero attached hydrogens (tertiary/aromatic N) is 1. The van der Waals surface area contributed by atoms with Crippen LogP contribution in [0.25, 0.3) is 6.08 Å². The number of rotatable bonds is 3. The lowest BCUT2D eigenvalue weighted by Gasteiger charge is -2.09. The standard InChI is InChI=1S/C10H9BrN2O2S2/c11-6-3-7(16-5-6)4-8-9(14)13(2-1-12)10(15)17-8/h3-5H,1-2,12H2/b8-4-. The molecule has 1 aliphatic heterocycles. The summed E-state index contributed by atoms with van der Waals surface area (Å²) in [5.74, 6) is -0.255. The van der Waals surface area contributed by atoms with Crippen LogP contribution in [-0.4, -0.2) is 29.1 Å². The van der Waals surface area contributed by atoms with Crippen molar-refractivity contribution < 1.29 is 9.59 Å². The van der Waals surface area contributed by atoms with E-state index in [-0.39, 0.29) is 24.2 Å². The smallest absolute Gasteiger partial charge is 0.293 e. The topological polar surface area (TPSA) is 63.4 Å². The van der Waals surface area contributed by atoms with E-state index in [4.69, 9.17) is 5.73 Å². The zero-order chi connectivity index (χ0) is 12.4. The molecule has 4 nitrogen and oxygen atoms in total. The Morgan fingerprint density at radius 2 is 2.24 bits per heavy atom. The molecule has 1 aromatic rings. The predicted octanol–water partition coefficient (Wildman–Crippen LogP) is 2.51. The maximum atomic E-state index is 11.9. The van der Waals surface area contributed by atoms with Gasteiger partial charge in [-0.1, -0.05) is 0 Å². The van der Waals surface area contributed by atoms with E-state index in [0.29, 0.717) is 4.91 Å². The highest BCUT2D eigenvalue weighted by Gasteiger charge is 2.34. The molecule has 7 heteroatoms. The Morgan fingerprint density at radius 3 is 2.82 bits per heavy atom. The molecule has 0 aliphatic carbocycles. The highest BCUT2D eigenvalue weighted by molar-refractivity contribution is 9.10. The minimum absolute atomic E-state index is 0.248. The minimum Gasteiger partial charge on any atom is -0.329 e. The van der Waals surface area contributed by atoms with Crippen LogP contribution >= 0.6 is 39.0 Å². The van der Waals surface area contributed by atoms with Gasteiger partial charge in [-0.2, -0.15) is 0 Å². The second-order valence-electron chi connectivity index (χ2n) is 3.29. The molecule has 1 aliphatic rings. The van der Waals surface area contributed by atoms with Gasteiger partial charge in [-0.05, 0) is 39.8 Å². The van der Waals surface area contributed by atoms with Gasteiger partial charge in [0.15, 0.2) is 0 Å². The maximum Gasteiger partial charge on any atom is 0.293 e. The van der Waals surface area contributed by atoms with Gasteiger partial charge < -0.3 is 5.73 Å². The van der Waals surface area contributed by atoms with Gasteiger partial charge in [0.05, 0.1) is 4.91 Å². The van der Waals surface area contributed by atoms with Gasteiger partial charge in [-0.25, -0.2) is 0 Å². The molecule has 0 atom stereocenters. The number of hydrogen-bond acceptors (Lipinski definition) is 5. The number of carbonyl (C=O) groups excluding carboxylic acids is 2. The fourth-order valence-electron chi connectivity index (χ4n) is 1.36. The summed E-state index contributed by atoms with van der Waals surface area (Å²) in [5.41, 5.74) is 5.36. The molecule has 0 radical (unpaired) electrons. The lowest BCUT2D eigenvalue weighted by atomic mass is 10.3. The third-order valence-corrected chi connectivity index (χ3v) is 4.64. The zero-order valence-electron chi connectivity index (χ0n) is 8.68. The molecule has 2 N–H and O–H groups in total. The summed E-state index contributed by atoms with van der Waals surface area (Å²) >= 11 is 5.81. The van der Waals surface area contributed by atoms with Crippen molar-refractivity contribution in [2.24, 2.45) is 5.73 Å². The number of thiophene rings is 1. The summed E-state index contributed by atoms with van der Waals surface area (Å²) in [7, 11) is 0. The molecule has 0 saturated carbocycles. The Labute approximate surface area is 115 Å². The lowest BCUT2D eigenvalue weighted by molar-refractivity contribution is -0.122. The van der Waals surface area contributed by atoms with Crippen LogP contribution in [0, 0.1) is 0 Å². The van der Waals surface area contributed by atoms with Crippen molar-refractivity contribution in [3.8, 4) is 0 Å². The van der Waals surface area contributed by atoms with E-state index < -0.39 is 0 Å². The van der Waals surface area contributed by atoms with E-state index >= 15 is 0 Å². The van der Waals surface area contributed by atoms with Crippen molar-refractivity contribution >= 4 is 56.3 Å². The quantitative estimate of drug-likeness (QED) is 0.864. The van der Waals surface area contributed by atoms with E-state index in [1.54, 1.807) is 6.08 Å². The normalized spacial score (nSPS) is 18.5. The first-order valence-corrected chi connectivity index (χ1v) is 7.30. The monoisotopic (exact) mass is 332 g/mol. The number of thioether (sulfide) groups is 1. The molecular formula is C10H9BrN2O2S2. The Kier molecular flexibility index (Phi) is 4.03.